The number of rotatable bonds is 6. The summed E-state index contributed by atoms with van der Waals surface area (Å²) in [5.41, 5.74) is 1.66. The van der Waals surface area contributed by atoms with Crippen molar-refractivity contribution in [3.8, 4) is 5.75 Å². The lowest BCUT2D eigenvalue weighted by Crippen LogP contribution is -2.17. The molecule has 0 fully saturated rings. The maximum Gasteiger partial charge on any atom is 0.511 e. The number of fused-ring (bicyclic) bond motifs is 1. The van der Waals surface area contributed by atoms with Crippen LogP contribution in [-0.4, -0.2) is 31.7 Å². The van der Waals surface area contributed by atoms with Gasteiger partial charge in [0.15, 0.2) is 0 Å². The van der Waals surface area contributed by atoms with Crippen LogP contribution in [0.5, 0.6) is 5.75 Å². The summed E-state index contributed by atoms with van der Waals surface area (Å²) in [6.07, 6.45) is -0.630. The average molecular weight is 372 g/mol. The van der Waals surface area contributed by atoms with Crippen molar-refractivity contribution in [1.29, 1.82) is 0 Å². The molecule has 25 heavy (non-hydrogen) atoms. The fourth-order valence-electron chi connectivity index (χ4n) is 2.07. The first-order valence-corrected chi connectivity index (χ1v) is 9.76. The summed E-state index contributed by atoms with van der Waals surface area (Å²) < 4.78 is 36.3. The fourth-order valence-corrected chi connectivity index (χ4v) is 3.03. The third-order valence-electron chi connectivity index (χ3n) is 3.19. The Morgan fingerprint density at radius 1 is 1.28 bits per heavy atom. The van der Waals surface area contributed by atoms with Crippen LogP contribution in [0.3, 0.4) is 0 Å². The predicted molar refractivity (Wildman–Crippen MR) is 87.4 cm³/mol. The third-order valence-corrected chi connectivity index (χ3v) is 4.32. The van der Waals surface area contributed by atoms with Crippen LogP contribution in [0.2, 0.25) is 0 Å². The van der Waals surface area contributed by atoms with Crippen molar-refractivity contribution in [3.05, 3.63) is 29.3 Å². The van der Waals surface area contributed by atoms with E-state index in [1.807, 2.05) is 6.07 Å². The van der Waals surface area contributed by atoms with E-state index in [9.17, 15) is 14.2 Å². The Kier molecular flexibility index (Phi) is 6.45. The van der Waals surface area contributed by atoms with Gasteiger partial charge in [-0.3, -0.25) is 9.32 Å². The van der Waals surface area contributed by atoms with Gasteiger partial charge < -0.3 is 18.7 Å². The summed E-state index contributed by atoms with van der Waals surface area (Å²) in [5, 5.41) is 0. The van der Waals surface area contributed by atoms with E-state index in [-0.39, 0.29) is 19.1 Å². The number of hydrogen-bond donors (Lipinski definition) is 0. The molecule has 0 amide bonds. The molecule has 1 heterocycles. The SMILES string of the molecule is CC(C)OC(=O)OCOC(=O)CCc1ccc2c(c1)COP(C)(=O)O2. The Bertz CT molecular complexity index is 685. The lowest BCUT2D eigenvalue weighted by molar-refractivity contribution is -0.153. The highest BCUT2D eigenvalue weighted by Crippen LogP contribution is 2.50. The monoisotopic (exact) mass is 372 g/mol. The molecule has 0 saturated heterocycles. The highest BCUT2D eigenvalue weighted by molar-refractivity contribution is 7.53. The highest BCUT2D eigenvalue weighted by Gasteiger charge is 2.26. The molecule has 0 bridgehead atoms. The zero-order valence-electron chi connectivity index (χ0n) is 14.4. The van der Waals surface area contributed by atoms with Gasteiger partial charge in [0.25, 0.3) is 0 Å². The van der Waals surface area contributed by atoms with Crippen molar-refractivity contribution < 1.29 is 37.4 Å². The first-order valence-electron chi connectivity index (χ1n) is 7.77. The number of aryl methyl sites for hydroxylation is 1. The molecule has 9 heteroatoms. The lowest BCUT2D eigenvalue weighted by atomic mass is 10.1. The second-order valence-electron chi connectivity index (χ2n) is 5.77. The maximum atomic E-state index is 11.8. The van der Waals surface area contributed by atoms with Crippen LogP contribution < -0.4 is 4.52 Å². The van der Waals surface area contributed by atoms with Gasteiger partial charge >= 0.3 is 19.7 Å². The van der Waals surface area contributed by atoms with Gasteiger partial charge in [-0.1, -0.05) is 6.07 Å². The molecule has 1 aliphatic rings. The zero-order valence-corrected chi connectivity index (χ0v) is 15.2. The molecule has 0 aliphatic carbocycles. The molecule has 1 aromatic rings. The van der Waals surface area contributed by atoms with Gasteiger partial charge in [-0.15, -0.1) is 0 Å². The van der Waals surface area contributed by atoms with E-state index in [1.165, 1.54) is 6.66 Å². The van der Waals surface area contributed by atoms with Gasteiger partial charge in [0, 0.05) is 18.6 Å². The van der Waals surface area contributed by atoms with Crippen LogP contribution in [0.15, 0.2) is 18.2 Å². The summed E-state index contributed by atoms with van der Waals surface area (Å²) in [4.78, 5) is 22.8. The minimum atomic E-state index is -3.02. The molecule has 0 spiro atoms. The quantitative estimate of drug-likeness (QED) is 0.426. The summed E-state index contributed by atoms with van der Waals surface area (Å²) in [6.45, 7) is 4.50. The van der Waals surface area contributed by atoms with Crippen molar-refractivity contribution >= 4 is 19.7 Å². The molecular weight excluding hydrogens is 351 g/mol. The van der Waals surface area contributed by atoms with Gasteiger partial charge in [-0.25, -0.2) is 9.36 Å². The summed E-state index contributed by atoms with van der Waals surface area (Å²) in [5.74, 6) is 0.0288. The van der Waals surface area contributed by atoms with Gasteiger partial charge in [0.05, 0.1) is 12.7 Å². The third kappa shape index (κ3) is 6.40. The largest absolute Gasteiger partial charge is 0.511 e. The number of ether oxygens (including phenoxy) is 3. The number of benzene rings is 1. The topological polar surface area (TPSA) is 97.4 Å². The molecule has 1 aliphatic heterocycles. The molecular formula is C16H21O8P. The maximum absolute atomic E-state index is 11.8. The second-order valence-corrected chi connectivity index (χ2v) is 7.76. The van der Waals surface area contributed by atoms with Crippen LogP contribution in [0.25, 0.3) is 0 Å². The van der Waals surface area contributed by atoms with Crippen molar-refractivity contribution in [3.63, 3.8) is 0 Å². The molecule has 1 atom stereocenters. The van der Waals surface area contributed by atoms with Gasteiger partial charge in [0.2, 0.25) is 6.79 Å². The molecule has 0 aromatic heterocycles. The van der Waals surface area contributed by atoms with E-state index in [1.54, 1.807) is 26.0 Å². The van der Waals surface area contributed by atoms with Crippen LogP contribution in [-0.2, 0) is 41.1 Å². The van der Waals surface area contributed by atoms with Gasteiger partial charge in [-0.05, 0) is 38.0 Å². The average Bonchev–Trinajstić information content (AvgIpc) is 2.51. The molecule has 0 radical (unpaired) electrons. The molecule has 1 unspecified atom stereocenters. The van der Waals surface area contributed by atoms with E-state index in [0.717, 1.165) is 11.1 Å². The van der Waals surface area contributed by atoms with E-state index in [4.69, 9.17) is 18.5 Å². The molecule has 1 aromatic carbocycles. The number of carbonyl (C=O) groups excluding carboxylic acids is 2. The minimum absolute atomic E-state index is 0.120. The lowest BCUT2D eigenvalue weighted by Gasteiger charge is -2.23. The first-order chi connectivity index (χ1) is 11.7. The fraction of sp³-hybridized carbons (Fsp3) is 0.500. The van der Waals surface area contributed by atoms with E-state index < -0.39 is 26.5 Å². The Labute approximate surface area is 145 Å². The van der Waals surface area contributed by atoms with Crippen LogP contribution in [0, 0.1) is 0 Å². The predicted octanol–water partition coefficient (Wildman–Crippen LogP) is 3.41. The first kappa shape index (κ1) is 19.3. The molecule has 2 rings (SSSR count). The van der Waals surface area contributed by atoms with E-state index in [0.29, 0.717) is 12.2 Å². The van der Waals surface area contributed by atoms with Crippen molar-refractivity contribution in [2.75, 3.05) is 13.5 Å². The van der Waals surface area contributed by atoms with Crippen molar-refractivity contribution in [1.82, 2.24) is 0 Å². The van der Waals surface area contributed by atoms with Crippen LogP contribution >= 0.6 is 7.60 Å². The number of carbonyl (C=O) groups is 2. The summed E-state index contributed by atoms with van der Waals surface area (Å²) >= 11 is 0. The Morgan fingerprint density at radius 2 is 2.04 bits per heavy atom. The molecule has 8 nitrogen and oxygen atoms in total. The summed E-state index contributed by atoms with van der Waals surface area (Å²) in [6, 6.07) is 5.33. The number of esters is 1. The Hall–Kier alpha value is -2.05. The van der Waals surface area contributed by atoms with E-state index >= 15 is 0 Å². The zero-order chi connectivity index (χ0) is 18.4. The summed E-state index contributed by atoms with van der Waals surface area (Å²) in [7, 11) is -3.02. The molecule has 0 N–H and O–H groups in total. The molecule has 0 saturated carbocycles. The molecule has 138 valence electrons. The Morgan fingerprint density at radius 3 is 2.76 bits per heavy atom. The Balaban J connectivity index is 1.75. The second kappa shape index (κ2) is 8.36. The van der Waals surface area contributed by atoms with Crippen LogP contribution in [0.4, 0.5) is 4.79 Å². The number of hydrogen-bond acceptors (Lipinski definition) is 8. The van der Waals surface area contributed by atoms with Crippen LogP contribution in [0.1, 0.15) is 31.4 Å². The van der Waals surface area contributed by atoms with Crippen molar-refractivity contribution in [2.24, 2.45) is 0 Å². The van der Waals surface area contributed by atoms with Gasteiger partial charge in [0.1, 0.15) is 5.75 Å². The highest BCUT2D eigenvalue weighted by atomic mass is 31.2. The van der Waals surface area contributed by atoms with Crippen molar-refractivity contribution in [2.45, 2.75) is 39.4 Å². The minimum Gasteiger partial charge on any atom is -0.431 e. The smallest absolute Gasteiger partial charge is 0.431 e. The van der Waals surface area contributed by atoms with Gasteiger partial charge in [-0.2, -0.15) is 0 Å². The van der Waals surface area contributed by atoms with E-state index in [2.05, 4.69) is 4.74 Å². The normalized spacial score (nSPS) is 18.9. The standard InChI is InChI=1S/C16H21O8P/c1-11(2)23-16(18)21-10-20-15(17)7-5-12-4-6-14-13(8-12)9-22-25(3,19)24-14/h4,6,8,11H,5,7,9-10H2,1-3H3.